The molecule has 0 bridgehead atoms. The first-order chi connectivity index (χ1) is 28.2. The second kappa shape index (κ2) is 44.9. The number of unbranched alkanes of at least 4 members (excludes halogenated alkanes) is 31. The van der Waals surface area contributed by atoms with Crippen molar-refractivity contribution in [2.24, 2.45) is 11.8 Å². The molecule has 0 unspecified atom stereocenters. The highest BCUT2D eigenvalue weighted by atomic mass is 16.6. The number of hydrogen-bond donors (Lipinski definition) is 0. The molecule has 58 heavy (non-hydrogen) atoms. The molecule has 0 aliphatic rings. The number of esters is 3. The van der Waals surface area contributed by atoms with Gasteiger partial charge < -0.3 is 14.2 Å². The first kappa shape index (κ1) is 56.4. The first-order valence-corrected chi connectivity index (χ1v) is 25.7. The molecule has 6 nitrogen and oxygen atoms in total. The third kappa shape index (κ3) is 45.5. The molecule has 0 amide bonds. The van der Waals surface area contributed by atoms with Gasteiger partial charge in [0.1, 0.15) is 13.2 Å². The lowest BCUT2D eigenvalue weighted by Gasteiger charge is -2.18. The Labute approximate surface area is 361 Å². The number of ether oxygens (including phenoxy) is 3. The Balaban J connectivity index is 4.28. The summed E-state index contributed by atoms with van der Waals surface area (Å²) in [5, 5.41) is 0. The Hall–Kier alpha value is -1.59. The van der Waals surface area contributed by atoms with Crippen LogP contribution in [0.1, 0.15) is 285 Å². The van der Waals surface area contributed by atoms with Crippen molar-refractivity contribution < 1.29 is 28.6 Å². The molecular weight excluding hydrogens is 721 g/mol. The largest absolute Gasteiger partial charge is 0.462 e. The van der Waals surface area contributed by atoms with Gasteiger partial charge in [-0.1, -0.05) is 247 Å². The second-order valence-electron chi connectivity index (χ2n) is 18.8. The third-order valence-electron chi connectivity index (χ3n) is 11.7. The topological polar surface area (TPSA) is 78.9 Å². The lowest BCUT2D eigenvalue weighted by molar-refractivity contribution is -0.167. The molecule has 0 aliphatic carbocycles. The van der Waals surface area contributed by atoms with Gasteiger partial charge in [-0.3, -0.25) is 14.4 Å². The minimum Gasteiger partial charge on any atom is -0.462 e. The van der Waals surface area contributed by atoms with Crippen LogP contribution in [-0.4, -0.2) is 37.2 Å². The van der Waals surface area contributed by atoms with Crippen molar-refractivity contribution in [3.63, 3.8) is 0 Å². The molecule has 0 fully saturated rings. The fourth-order valence-electron chi connectivity index (χ4n) is 7.81. The molecule has 0 aromatic rings. The van der Waals surface area contributed by atoms with E-state index in [-0.39, 0.29) is 31.1 Å². The molecule has 1 atom stereocenters. The van der Waals surface area contributed by atoms with Crippen LogP contribution in [0.15, 0.2) is 0 Å². The quantitative estimate of drug-likeness (QED) is 0.0346. The molecule has 0 N–H and O–H groups in total. The Morgan fingerprint density at radius 2 is 0.569 bits per heavy atom. The number of carbonyl (C=O) groups is 3. The van der Waals surface area contributed by atoms with Crippen LogP contribution in [0.4, 0.5) is 0 Å². The zero-order valence-electron chi connectivity index (χ0n) is 39.7. The zero-order valence-corrected chi connectivity index (χ0v) is 39.7. The molecule has 0 rings (SSSR count). The van der Waals surface area contributed by atoms with Gasteiger partial charge in [0.15, 0.2) is 6.10 Å². The summed E-state index contributed by atoms with van der Waals surface area (Å²) < 4.78 is 16.8. The fourth-order valence-corrected chi connectivity index (χ4v) is 7.81. The van der Waals surface area contributed by atoms with Gasteiger partial charge in [-0.05, 0) is 31.1 Å². The van der Waals surface area contributed by atoms with E-state index in [1.54, 1.807) is 0 Å². The summed E-state index contributed by atoms with van der Waals surface area (Å²) in [6.07, 6.45) is 45.3. The molecule has 0 radical (unpaired) electrons. The molecule has 344 valence electrons. The first-order valence-electron chi connectivity index (χ1n) is 25.7. The maximum atomic E-state index is 12.8. The summed E-state index contributed by atoms with van der Waals surface area (Å²) >= 11 is 0. The Bertz CT molecular complexity index is 885. The summed E-state index contributed by atoms with van der Waals surface area (Å²) in [4.78, 5) is 37.9. The lowest BCUT2D eigenvalue weighted by atomic mass is 10.0. The second-order valence-corrected chi connectivity index (χ2v) is 18.8. The van der Waals surface area contributed by atoms with Gasteiger partial charge >= 0.3 is 17.9 Å². The Morgan fingerprint density at radius 1 is 0.328 bits per heavy atom. The van der Waals surface area contributed by atoms with Crippen molar-refractivity contribution in [1.29, 1.82) is 0 Å². The molecule has 0 saturated heterocycles. The third-order valence-corrected chi connectivity index (χ3v) is 11.7. The van der Waals surface area contributed by atoms with Gasteiger partial charge in [0.05, 0.1) is 0 Å². The molecule has 0 spiro atoms. The molecule has 0 aromatic carbocycles. The molecule has 0 aliphatic heterocycles. The summed E-state index contributed by atoms with van der Waals surface area (Å²) in [6, 6.07) is 0. The molecule has 0 heterocycles. The van der Waals surface area contributed by atoms with Crippen LogP contribution in [0.5, 0.6) is 0 Å². The predicted octanol–water partition coefficient (Wildman–Crippen LogP) is 16.5. The van der Waals surface area contributed by atoms with E-state index < -0.39 is 6.10 Å². The number of rotatable bonds is 46. The number of carbonyl (C=O) groups excluding carboxylic acids is 3. The van der Waals surface area contributed by atoms with E-state index in [1.165, 1.54) is 173 Å². The van der Waals surface area contributed by atoms with Crippen molar-refractivity contribution in [3.05, 3.63) is 0 Å². The maximum Gasteiger partial charge on any atom is 0.306 e. The molecule has 0 saturated carbocycles. The van der Waals surface area contributed by atoms with Crippen LogP contribution in [-0.2, 0) is 28.6 Å². The average molecular weight is 821 g/mol. The van der Waals surface area contributed by atoms with Crippen molar-refractivity contribution >= 4 is 17.9 Å². The lowest BCUT2D eigenvalue weighted by Crippen LogP contribution is -2.30. The van der Waals surface area contributed by atoms with Crippen LogP contribution in [0.25, 0.3) is 0 Å². The van der Waals surface area contributed by atoms with Gasteiger partial charge in [0.2, 0.25) is 0 Å². The van der Waals surface area contributed by atoms with Crippen LogP contribution >= 0.6 is 0 Å². The van der Waals surface area contributed by atoms with Crippen LogP contribution < -0.4 is 0 Å². The van der Waals surface area contributed by atoms with Crippen molar-refractivity contribution in [2.75, 3.05) is 13.2 Å². The van der Waals surface area contributed by atoms with E-state index >= 15 is 0 Å². The van der Waals surface area contributed by atoms with Gasteiger partial charge in [-0.15, -0.1) is 0 Å². The van der Waals surface area contributed by atoms with Crippen molar-refractivity contribution in [1.82, 2.24) is 0 Å². The highest BCUT2D eigenvalue weighted by Crippen LogP contribution is 2.17. The van der Waals surface area contributed by atoms with Gasteiger partial charge in [-0.25, -0.2) is 0 Å². The monoisotopic (exact) mass is 821 g/mol. The molecular formula is C52H100O6. The van der Waals surface area contributed by atoms with Gasteiger partial charge in [0.25, 0.3) is 0 Å². The van der Waals surface area contributed by atoms with E-state index in [9.17, 15) is 14.4 Å². The standard InChI is InChI=1S/C52H100O6/c1-6-7-8-9-10-11-12-13-14-15-16-17-18-21-27-32-37-42-50(53)56-45-49(46-57-51(54)43-38-33-28-24-23-26-31-36-41-48(4)5)58-52(55)44-39-34-29-22-19-20-25-30-35-40-47(2)3/h47-49H,6-46H2,1-5H3/t49-/m1/s1. The summed E-state index contributed by atoms with van der Waals surface area (Å²) in [6.45, 7) is 11.3. The summed E-state index contributed by atoms with van der Waals surface area (Å²) in [5.74, 6) is 0.750. The predicted molar refractivity (Wildman–Crippen MR) is 247 cm³/mol. The number of hydrogen-bond acceptors (Lipinski definition) is 6. The van der Waals surface area contributed by atoms with Crippen LogP contribution in [0, 0.1) is 11.8 Å². The van der Waals surface area contributed by atoms with E-state index in [4.69, 9.17) is 14.2 Å². The normalized spacial score (nSPS) is 12.1. The van der Waals surface area contributed by atoms with E-state index in [0.29, 0.717) is 19.3 Å². The van der Waals surface area contributed by atoms with E-state index in [2.05, 4.69) is 34.6 Å². The highest BCUT2D eigenvalue weighted by Gasteiger charge is 2.19. The Kier molecular flexibility index (Phi) is 43.7. The van der Waals surface area contributed by atoms with Crippen LogP contribution in [0.3, 0.4) is 0 Å². The zero-order chi connectivity index (χ0) is 42.6. The average Bonchev–Trinajstić information content (AvgIpc) is 3.19. The van der Waals surface area contributed by atoms with E-state index in [1.807, 2.05) is 0 Å². The van der Waals surface area contributed by atoms with E-state index in [0.717, 1.165) is 69.6 Å². The van der Waals surface area contributed by atoms with Crippen LogP contribution in [0.2, 0.25) is 0 Å². The van der Waals surface area contributed by atoms with Gasteiger partial charge in [-0.2, -0.15) is 0 Å². The molecule has 6 heteroatoms. The van der Waals surface area contributed by atoms with Crippen molar-refractivity contribution in [2.45, 2.75) is 291 Å². The highest BCUT2D eigenvalue weighted by molar-refractivity contribution is 5.71. The van der Waals surface area contributed by atoms with Crippen molar-refractivity contribution in [3.8, 4) is 0 Å². The summed E-state index contributed by atoms with van der Waals surface area (Å²) in [7, 11) is 0. The minimum absolute atomic E-state index is 0.0643. The smallest absolute Gasteiger partial charge is 0.306 e. The Morgan fingerprint density at radius 3 is 0.845 bits per heavy atom. The summed E-state index contributed by atoms with van der Waals surface area (Å²) in [5.41, 5.74) is 0. The molecule has 0 aromatic heterocycles. The maximum absolute atomic E-state index is 12.8. The fraction of sp³-hybridized carbons (Fsp3) is 0.942. The SMILES string of the molecule is CCCCCCCCCCCCCCCCCCCC(=O)OC[C@H](COC(=O)CCCCCCCCCCC(C)C)OC(=O)CCCCCCCCCCCC(C)C. The van der Waals surface area contributed by atoms with Gasteiger partial charge in [0, 0.05) is 19.3 Å². The minimum atomic E-state index is -0.762.